The Kier molecular flexibility index (Phi) is 4.98. The summed E-state index contributed by atoms with van der Waals surface area (Å²) in [4.78, 5) is 26.6. The van der Waals surface area contributed by atoms with Gasteiger partial charge in [0.1, 0.15) is 5.56 Å². The van der Waals surface area contributed by atoms with E-state index in [4.69, 9.17) is 4.42 Å². The zero-order valence-corrected chi connectivity index (χ0v) is 14.2. The predicted octanol–water partition coefficient (Wildman–Crippen LogP) is 1.70. The van der Waals surface area contributed by atoms with E-state index in [1.165, 1.54) is 4.90 Å². The van der Waals surface area contributed by atoms with Crippen molar-refractivity contribution < 1.29 is 9.21 Å². The number of hydrogen-bond acceptors (Lipinski definition) is 5. The Hall–Kier alpha value is -2.44. The molecule has 7 nitrogen and oxygen atoms in total. The number of aromatic nitrogens is 3. The molecule has 0 saturated heterocycles. The molecule has 2 aromatic heterocycles. The van der Waals surface area contributed by atoms with Gasteiger partial charge in [0.2, 0.25) is 11.8 Å². The van der Waals surface area contributed by atoms with Crippen molar-refractivity contribution in [3.05, 3.63) is 45.0 Å². The molecule has 0 aliphatic carbocycles. The molecule has 0 fully saturated rings. The van der Waals surface area contributed by atoms with Gasteiger partial charge in [-0.15, -0.1) is 10.2 Å². The number of rotatable bonds is 5. The van der Waals surface area contributed by atoms with Crippen molar-refractivity contribution in [2.75, 3.05) is 7.05 Å². The summed E-state index contributed by atoms with van der Waals surface area (Å²) < 4.78 is 7.01. The van der Waals surface area contributed by atoms with Gasteiger partial charge in [0.05, 0.1) is 6.54 Å². The van der Waals surface area contributed by atoms with Crippen molar-refractivity contribution in [3.8, 4) is 0 Å². The van der Waals surface area contributed by atoms with E-state index in [-0.39, 0.29) is 23.6 Å². The molecule has 0 radical (unpaired) electrons. The van der Waals surface area contributed by atoms with Crippen LogP contribution in [0.4, 0.5) is 0 Å². The summed E-state index contributed by atoms with van der Waals surface area (Å²) in [6.07, 6.45) is 0.642. The van der Waals surface area contributed by atoms with E-state index < -0.39 is 0 Å². The van der Waals surface area contributed by atoms with Gasteiger partial charge in [-0.3, -0.25) is 9.59 Å². The maximum Gasteiger partial charge on any atom is 0.263 e. The van der Waals surface area contributed by atoms with Crippen molar-refractivity contribution in [2.24, 2.45) is 0 Å². The van der Waals surface area contributed by atoms with E-state index in [9.17, 15) is 9.59 Å². The minimum Gasteiger partial charge on any atom is -0.423 e. The average Bonchev–Trinajstić information content (AvgIpc) is 2.94. The van der Waals surface area contributed by atoms with Crippen molar-refractivity contribution in [3.63, 3.8) is 0 Å². The summed E-state index contributed by atoms with van der Waals surface area (Å²) in [7, 11) is 1.62. The highest BCUT2D eigenvalue weighted by molar-refractivity contribution is 5.95. The monoisotopic (exact) mass is 318 g/mol. The smallest absolute Gasteiger partial charge is 0.263 e. The fourth-order valence-corrected chi connectivity index (χ4v) is 2.54. The molecule has 0 aliphatic heterocycles. The predicted molar refractivity (Wildman–Crippen MR) is 85.3 cm³/mol. The molecule has 0 saturated carbocycles. The van der Waals surface area contributed by atoms with Crippen LogP contribution in [0.25, 0.3) is 0 Å². The van der Waals surface area contributed by atoms with E-state index in [2.05, 4.69) is 10.2 Å². The van der Waals surface area contributed by atoms with Crippen LogP contribution < -0.4 is 5.56 Å². The largest absolute Gasteiger partial charge is 0.423 e. The summed E-state index contributed by atoms with van der Waals surface area (Å²) in [6.45, 7) is 8.13. The molecular formula is C16H22N4O3. The summed E-state index contributed by atoms with van der Waals surface area (Å²) in [5.41, 5.74) is 1.45. The number of nitrogens with zero attached hydrogens (tertiary/aromatic N) is 4. The Morgan fingerprint density at radius 3 is 2.48 bits per heavy atom. The Bertz CT molecular complexity index is 776. The van der Waals surface area contributed by atoms with E-state index in [0.29, 0.717) is 30.3 Å². The molecule has 0 aliphatic rings. The first-order chi connectivity index (χ1) is 10.9. The number of hydrogen-bond donors (Lipinski definition) is 0. The van der Waals surface area contributed by atoms with Crippen molar-refractivity contribution >= 4 is 5.91 Å². The van der Waals surface area contributed by atoms with Crippen LogP contribution in [0.5, 0.6) is 0 Å². The molecule has 124 valence electrons. The maximum atomic E-state index is 12.7. The first-order valence-corrected chi connectivity index (χ1v) is 7.66. The lowest BCUT2D eigenvalue weighted by Gasteiger charge is -2.18. The quantitative estimate of drug-likeness (QED) is 0.838. The van der Waals surface area contributed by atoms with Crippen LogP contribution in [0, 0.1) is 13.8 Å². The van der Waals surface area contributed by atoms with Crippen molar-refractivity contribution in [1.82, 2.24) is 19.7 Å². The second kappa shape index (κ2) is 6.76. The van der Waals surface area contributed by atoms with Crippen molar-refractivity contribution in [1.29, 1.82) is 0 Å². The van der Waals surface area contributed by atoms with Gasteiger partial charge in [0.25, 0.3) is 11.5 Å². The second-order valence-electron chi connectivity index (χ2n) is 5.50. The van der Waals surface area contributed by atoms with Crippen LogP contribution in [-0.4, -0.2) is 32.6 Å². The average molecular weight is 318 g/mol. The molecule has 0 aromatic carbocycles. The molecule has 1 amide bonds. The highest BCUT2D eigenvalue weighted by Crippen LogP contribution is 2.11. The lowest BCUT2D eigenvalue weighted by molar-refractivity contribution is 0.0769. The van der Waals surface area contributed by atoms with Crippen LogP contribution in [0.1, 0.15) is 47.2 Å². The molecule has 0 N–H and O–H groups in total. The summed E-state index contributed by atoms with van der Waals surface area (Å²) in [5.74, 6) is 0.546. The third kappa shape index (κ3) is 3.33. The first kappa shape index (κ1) is 16.9. The second-order valence-corrected chi connectivity index (χ2v) is 5.50. The third-order valence-electron chi connectivity index (χ3n) is 3.76. The van der Waals surface area contributed by atoms with Gasteiger partial charge in [0.15, 0.2) is 0 Å². The van der Waals surface area contributed by atoms with Crippen molar-refractivity contribution in [2.45, 2.75) is 47.2 Å². The van der Waals surface area contributed by atoms with Gasteiger partial charge in [-0.25, -0.2) is 0 Å². The molecule has 2 aromatic rings. The highest BCUT2D eigenvalue weighted by atomic mass is 16.4. The Morgan fingerprint density at radius 1 is 1.26 bits per heavy atom. The number of carbonyl (C=O) groups excluding carboxylic acids is 1. The molecular weight excluding hydrogens is 296 g/mol. The number of aryl methyl sites for hydroxylation is 3. The minimum absolute atomic E-state index is 0.171. The summed E-state index contributed by atoms with van der Waals surface area (Å²) >= 11 is 0. The van der Waals surface area contributed by atoms with Gasteiger partial charge in [0, 0.05) is 25.7 Å². The van der Waals surface area contributed by atoms with Crippen LogP contribution in [0.15, 0.2) is 15.3 Å². The van der Waals surface area contributed by atoms with E-state index in [1.807, 2.05) is 26.8 Å². The van der Waals surface area contributed by atoms with Crippen LogP contribution >= 0.6 is 0 Å². The molecule has 0 bridgehead atoms. The number of amides is 1. The fourth-order valence-electron chi connectivity index (χ4n) is 2.54. The van der Waals surface area contributed by atoms with Crippen LogP contribution in [0.2, 0.25) is 0 Å². The molecule has 23 heavy (non-hydrogen) atoms. The summed E-state index contributed by atoms with van der Waals surface area (Å²) in [5, 5.41) is 7.78. The lowest BCUT2D eigenvalue weighted by atomic mass is 10.1. The first-order valence-electron chi connectivity index (χ1n) is 7.66. The molecule has 0 unspecified atom stereocenters. The zero-order valence-electron chi connectivity index (χ0n) is 14.2. The SMILES string of the molecule is CCc1nnc(CN(C)C(=O)c2c(C)cc(C)n(CC)c2=O)o1. The Labute approximate surface area is 134 Å². The maximum absolute atomic E-state index is 12.7. The topological polar surface area (TPSA) is 81.2 Å². The van der Waals surface area contributed by atoms with Gasteiger partial charge in [-0.05, 0) is 32.4 Å². The van der Waals surface area contributed by atoms with E-state index in [0.717, 1.165) is 5.69 Å². The van der Waals surface area contributed by atoms with E-state index in [1.54, 1.807) is 18.5 Å². The number of pyridine rings is 1. The zero-order chi connectivity index (χ0) is 17.1. The molecule has 7 heteroatoms. The molecule has 2 rings (SSSR count). The van der Waals surface area contributed by atoms with E-state index >= 15 is 0 Å². The minimum atomic E-state index is -0.342. The molecule has 0 atom stereocenters. The highest BCUT2D eigenvalue weighted by Gasteiger charge is 2.22. The number of carbonyl (C=O) groups is 1. The Morgan fingerprint density at radius 2 is 1.91 bits per heavy atom. The van der Waals surface area contributed by atoms with Crippen LogP contribution in [0.3, 0.4) is 0 Å². The Balaban J connectivity index is 2.31. The fraction of sp³-hybridized carbons (Fsp3) is 0.500. The standard InChI is InChI=1S/C16H22N4O3/c1-6-12-17-18-13(23-12)9-19(5)15(21)14-10(3)8-11(4)20(7-2)16(14)22/h8H,6-7,9H2,1-5H3. The molecule has 0 spiro atoms. The lowest BCUT2D eigenvalue weighted by Crippen LogP contribution is -2.35. The summed E-state index contributed by atoms with van der Waals surface area (Å²) in [6, 6.07) is 1.86. The van der Waals surface area contributed by atoms with Gasteiger partial charge in [-0.1, -0.05) is 6.92 Å². The van der Waals surface area contributed by atoms with Gasteiger partial charge < -0.3 is 13.9 Å². The molecule has 2 heterocycles. The van der Waals surface area contributed by atoms with Crippen LogP contribution in [-0.2, 0) is 19.5 Å². The van der Waals surface area contributed by atoms with Gasteiger partial charge in [-0.2, -0.15) is 0 Å². The van der Waals surface area contributed by atoms with Gasteiger partial charge >= 0.3 is 0 Å². The normalized spacial score (nSPS) is 10.8. The third-order valence-corrected chi connectivity index (χ3v) is 3.76.